The van der Waals surface area contributed by atoms with Crippen LogP contribution in [0.5, 0.6) is 0 Å². The highest BCUT2D eigenvalue weighted by Crippen LogP contribution is 2.31. The van der Waals surface area contributed by atoms with E-state index in [0.29, 0.717) is 18.3 Å². The summed E-state index contributed by atoms with van der Waals surface area (Å²) >= 11 is 0. The fourth-order valence-electron chi connectivity index (χ4n) is 4.52. The summed E-state index contributed by atoms with van der Waals surface area (Å²) in [5, 5.41) is 14.1. The van der Waals surface area contributed by atoms with Crippen LogP contribution in [-0.4, -0.2) is 48.2 Å². The predicted octanol–water partition coefficient (Wildman–Crippen LogP) is 2.63. The smallest absolute Gasteiger partial charge is 0.165 e. The van der Waals surface area contributed by atoms with Gasteiger partial charge in [0.1, 0.15) is 5.82 Å². The van der Waals surface area contributed by atoms with Gasteiger partial charge in [-0.3, -0.25) is 4.79 Å². The number of hydrogen-bond acceptors (Lipinski definition) is 5. The van der Waals surface area contributed by atoms with Gasteiger partial charge in [0, 0.05) is 25.1 Å². The molecule has 4 rings (SSSR count). The van der Waals surface area contributed by atoms with Crippen LogP contribution in [-0.2, 0) is 6.42 Å². The van der Waals surface area contributed by atoms with Crippen LogP contribution in [0.4, 0.5) is 5.82 Å². The number of fused-ring (bicyclic) bond motifs is 1. The minimum Gasteiger partial charge on any atom is -0.393 e. The zero-order valence-electron chi connectivity index (χ0n) is 15.0. The second-order valence-corrected chi connectivity index (χ2v) is 7.49. The van der Waals surface area contributed by atoms with Crippen molar-refractivity contribution in [3.63, 3.8) is 0 Å². The number of pyridine rings is 1. The van der Waals surface area contributed by atoms with Gasteiger partial charge in [0.25, 0.3) is 0 Å². The number of aryl methyl sites for hydroxylation is 1. The first kappa shape index (κ1) is 21.4. The molecule has 2 N–H and O–H groups in total. The molecule has 0 radical (unpaired) electrons. The molecule has 2 fully saturated rings. The third kappa shape index (κ3) is 4.33. The number of aliphatic hydroxyl groups is 1. The number of carbonyl (C=O) groups is 1. The summed E-state index contributed by atoms with van der Waals surface area (Å²) in [5.41, 5.74) is 1.78. The van der Waals surface area contributed by atoms with Gasteiger partial charge in [-0.25, -0.2) is 4.98 Å². The zero-order valence-corrected chi connectivity index (χ0v) is 16.7. The summed E-state index contributed by atoms with van der Waals surface area (Å²) in [4.78, 5) is 18.8. The molecule has 0 spiro atoms. The number of aromatic nitrogens is 1. The molecule has 3 aliphatic rings. The van der Waals surface area contributed by atoms with E-state index in [9.17, 15) is 9.90 Å². The quantitative estimate of drug-likeness (QED) is 0.814. The van der Waals surface area contributed by atoms with Crippen LogP contribution in [0.25, 0.3) is 0 Å². The van der Waals surface area contributed by atoms with Crippen molar-refractivity contribution >= 4 is 36.4 Å². The third-order valence-corrected chi connectivity index (χ3v) is 6.06. The van der Waals surface area contributed by atoms with E-state index < -0.39 is 0 Å². The summed E-state index contributed by atoms with van der Waals surface area (Å²) in [6.45, 7) is 3.98. The van der Waals surface area contributed by atoms with Gasteiger partial charge in [-0.1, -0.05) is 0 Å². The second-order valence-electron chi connectivity index (χ2n) is 7.49. The molecule has 0 amide bonds. The van der Waals surface area contributed by atoms with E-state index in [4.69, 9.17) is 4.98 Å². The minimum atomic E-state index is -0.153. The maximum absolute atomic E-state index is 11.7. The predicted molar refractivity (Wildman–Crippen MR) is 108 cm³/mol. The van der Waals surface area contributed by atoms with Gasteiger partial charge in [-0.2, -0.15) is 0 Å². The summed E-state index contributed by atoms with van der Waals surface area (Å²) in [7, 11) is 0. The second kappa shape index (κ2) is 9.36. The van der Waals surface area contributed by atoms with Gasteiger partial charge < -0.3 is 15.3 Å². The molecule has 146 valence electrons. The van der Waals surface area contributed by atoms with Crippen molar-refractivity contribution in [2.24, 2.45) is 11.8 Å². The Balaban J connectivity index is 0.00000121. The first-order chi connectivity index (χ1) is 11.7. The lowest BCUT2D eigenvalue weighted by Gasteiger charge is -2.38. The van der Waals surface area contributed by atoms with Gasteiger partial charge in [0.2, 0.25) is 0 Å². The maximum Gasteiger partial charge on any atom is 0.165 e. The lowest BCUT2D eigenvalue weighted by molar-refractivity contribution is 0.0265. The number of aliphatic hydroxyl groups excluding tert-OH is 1. The number of nitrogens with one attached hydrogen (secondary N) is 1. The Labute approximate surface area is 167 Å². The summed E-state index contributed by atoms with van der Waals surface area (Å²) in [6.07, 6.45) is 5.50. The number of anilines is 1. The minimum absolute atomic E-state index is 0. The standard InChI is InChI=1S/C19H27N3O2.2ClH/c23-17-3-2-16-15(17)1-4-18(21-16)22-11-7-14(8-12-22)19(24)13-5-9-20-10-6-13;;/h1,4,13-14,19-20,24H,2-3,5-12H2;2*1H. The highest BCUT2D eigenvalue weighted by atomic mass is 35.5. The molecule has 1 aromatic heterocycles. The van der Waals surface area contributed by atoms with Crippen LogP contribution in [0.3, 0.4) is 0 Å². The molecule has 0 bridgehead atoms. The molecule has 3 heterocycles. The number of hydrogen-bond donors (Lipinski definition) is 2. The number of rotatable bonds is 3. The fourth-order valence-corrected chi connectivity index (χ4v) is 4.52. The number of ketones is 1. The van der Waals surface area contributed by atoms with Crippen LogP contribution in [0.1, 0.15) is 48.2 Å². The van der Waals surface area contributed by atoms with E-state index in [0.717, 1.165) is 75.4 Å². The first-order valence-electron chi connectivity index (χ1n) is 9.39. The van der Waals surface area contributed by atoms with Crippen molar-refractivity contribution in [3.8, 4) is 0 Å². The van der Waals surface area contributed by atoms with E-state index in [1.165, 1.54) is 0 Å². The van der Waals surface area contributed by atoms with Gasteiger partial charge in [0.05, 0.1) is 11.8 Å². The maximum atomic E-state index is 11.7. The summed E-state index contributed by atoms with van der Waals surface area (Å²) in [6, 6.07) is 3.94. The van der Waals surface area contributed by atoms with E-state index in [1.54, 1.807) is 0 Å². The zero-order chi connectivity index (χ0) is 16.5. The topological polar surface area (TPSA) is 65.5 Å². The van der Waals surface area contributed by atoms with E-state index in [2.05, 4.69) is 10.2 Å². The van der Waals surface area contributed by atoms with Crippen molar-refractivity contribution in [2.75, 3.05) is 31.1 Å². The van der Waals surface area contributed by atoms with Crippen LogP contribution < -0.4 is 10.2 Å². The number of piperidine rings is 2. The van der Waals surface area contributed by atoms with Crippen LogP contribution in [0.15, 0.2) is 12.1 Å². The normalized spacial score (nSPS) is 22.3. The lowest BCUT2D eigenvalue weighted by atomic mass is 9.80. The largest absolute Gasteiger partial charge is 0.393 e. The van der Waals surface area contributed by atoms with Crippen molar-refractivity contribution in [1.29, 1.82) is 0 Å². The molecular formula is C19H29Cl2N3O2. The van der Waals surface area contributed by atoms with Crippen molar-refractivity contribution in [1.82, 2.24) is 10.3 Å². The van der Waals surface area contributed by atoms with Crippen molar-refractivity contribution < 1.29 is 9.90 Å². The first-order valence-corrected chi connectivity index (χ1v) is 9.39. The Hall–Kier alpha value is -0.880. The molecule has 1 aliphatic carbocycles. The Morgan fingerprint density at radius 3 is 2.38 bits per heavy atom. The molecule has 7 heteroatoms. The average Bonchev–Trinajstić information content (AvgIpc) is 3.02. The van der Waals surface area contributed by atoms with Crippen LogP contribution in [0.2, 0.25) is 0 Å². The van der Waals surface area contributed by atoms with Gasteiger partial charge in [-0.15, -0.1) is 24.8 Å². The third-order valence-electron chi connectivity index (χ3n) is 6.06. The Morgan fingerprint density at radius 2 is 1.69 bits per heavy atom. The number of halogens is 2. The summed E-state index contributed by atoms with van der Waals surface area (Å²) in [5.74, 6) is 2.11. The molecule has 0 saturated carbocycles. The van der Waals surface area contributed by atoms with Crippen molar-refractivity contribution in [3.05, 3.63) is 23.4 Å². The Morgan fingerprint density at radius 1 is 1.04 bits per heavy atom. The lowest BCUT2D eigenvalue weighted by Crippen LogP contribution is -2.43. The average molecular weight is 402 g/mol. The highest BCUT2D eigenvalue weighted by Gasteiger charge is 2.32. The Bertz CT molecular complexity index is 615. The number of carbonyl (C=O) groups excluding carboxylic acids is 1. The van der Waals surface area contributed by atoms with Crippen LogP contribution in [0, 0.1) is 11.8 Å². The number of nitrogens with zero attached hydrogens (tertiary/aromatic N) is 2. The van der Waals surface area contributed by atoms with E-state index in [-0.39, 0.29) is 36.7 Å². The van der Waals surface area contributed by atoms with Gasteiger partial charge in [0.15, 0.2) is 5.78 Å². The number of Topliss-reactive ketones (excluding diaryl/α,β-unsaturated/α-hetero) is 1. The molecule has 2 saturated heterocycles. The van der Waals surface area contributed by atoms with Crippen molar-refractivity contribution in [2.45, 2.75) is 44.6 Å². The molecule has 1 unspecified atom stereocenters. The Kier molecular flexibility index (Phi) is 7.71. The van der Waals surface area contributed by atoms with E-state index in [1.807, 2.05) is 12.1 Å². The highest BCUT2D eigenvalue weighted by molar-refractivity contribution is 6.00. The van der Waals surface area contributed by atoms with Gasteiger partial charge in [-0.05, 0) is 69.2 Å². The monoisotopic (exact) mass is 401 g/mol. The molecule has 2 aliphatic heterocycles. The molecule has 26 heavy (non-hydrogen) atoms. The van der Waals surface area contributed by atoms with E-state index >= 15 is 0 Å². The molecule has 1 atom stereocenters. The summed E-state index contributed by atoms with van der Waals surface area (Å²) < 4.78 is 0. The molecule has 5 nitrogen and oxygen atoms in total. The van der Waals surface area contributed by atoms with Crippen LogP contribution >= 0.6 is 24.8 Å². The SMILES string of the molecule is Cl.Cl.O=C1CCc2nc(N3CCC(C(O)C4CCNCC4)CC3)ccc21. The van der Waals surface area contributed by atoms with Gasteiger partial charge >= 0.3 is 0 Å². The molecule has 1 aromatic rings. The molecule has 0 aromatic carbocycles. The molecular weight excluding hydrogens is 373 g/mol. The fraction of sp³-hybridized carbons (Fsp3) is 0.684.